The van der Waals surface area contributed by atoms with Crippen molar-refractivity contribution < 1.29 is 18.6 Å². The molecule has 0 saturated carbocycles. The molecule has 1 aliphatic heterocycles. The van der Waals surface area contributed by atoms with Gasteiger partial charge in [0.2, 0.25) is 11.8 Å². The molecule has 0 N–H and O–H groups in total. The van der Waals surface area contributed by atoms with Crippen LogP contribution >= 0.6 is 0 Å². The summed E-state index contributed by atoms with van der Waals surface area (Å²) in [5.41, 5.74) is 2.18. The maximum atomic E-state index is 12.8. The smallest absolute Gasteiger partial charge is 0.273 e. The van der Waals surface area contributed by atoms with E-state index in [0.717, 1.165) is 34.8 Å². The maximum absolute atomic E-state index is 12.8. The number of hydrazine groups is 1. The summed E-state index contributed by atoms with van der Waals surface area (Å²) in [5, 5.41) is 2.08. The molecule has 1 unspecified atom stereocenters. The molecule has 1 fully saturated rings. The van der Waals surface area contributed by atoms with Gasteiger partial charge in [0.15, 0.2) is 0 Å². The lowest BCUT2D eigenvalue weighted by atomic mass is 9.95. The number of hydrogen-bond acceptors (Lipinski definition) is 4. The average Bonchev–Trinajstić information content (AvgIpc) is 2.78. The summed E-state index contributed by atoms with van der Waals surface area (Å²) in [4.78, 5) is 37.7. The minimum atomic E-state index is -0.594. The van der Waals surface area contributed by atoms with Crippen molar-refractivity contribution in [1.82, 2.24) is 10.0 Å². The molecule has 6 nitrogen and oxygen atoms in total. The van der Waals surface area contributed by atoms with E-state index in [1.807, 2.05) is 48.5 Å². The fraction of sp³-hybridized carbons (Fsp3) is 0.333. The zero-order chi connectivity index (χ0) is 22.2. The summed E-state index contributed by atoms with van der Waals surface area (Å²) in [5.74, 6) is -1.49. The number of carbonyl (C=O) groups is 3. The third-order valence-electron chi connectivity index (χ3n) is 5.33. The SMILES string of the molecule is CC(=O)N(C(=O)CCCCCc1ccccc1)N1C(=O)C(=S=O)C1Cc1ccccc1. The van der Waals surface area contributed by atoms with Crippen molar-refractivity contribution in [2.45, 2.75) is 51.5 Å². The third kappa shape index (κ3) is 5.55. The molecule has 3 rings (SSSR count). The Balaban J connectivity index is 1.60. The van der Waals surface area contributed by atoms with Crippen LogP contribution in [-0.4, -0.2) is 42.9 Å². The van der Waals surface area contributed by atoms with Crippen LogP contribution < -0.4 is 0 Å². The van der Waals surface area contributed by atoms with Crippen LogP contribution in [0.5, 0.6) is 0 Å². The Bertz CT molecular complexity index is 987. The van der Waals surface area contributed by atoms with Gasteiger partial charge >= 0.3 is 0 Å². The molecular weight excluding hydrogens is 412 g/mol. The van der Waals surface area contributed by atoms with Crippen LogP contribution in [0, 0.1) is 0 Å². The van der Waals surface area contributed by atoms with Gasteiger partial charge < -0.3 is 0 Å². The molecule has 1 aliphatic rings. The van der Waals surface area contributed by atoms with Crippen LogP contribution in [0.1, 0.15) is 43.7 Å². The first-order valence-electron chi connectivity index (χ1n) is 10.4. The highest BCUT2D eigenvalue weighted by Crippen LogP contribution is 2.24. The summed E-state index contributed by atoms with van der Waals surface area (Å²) in [6.45, 7) is 1.27. The second-order valence-corrected chi connectivity index (χ2v) is 8.18. The molecule has 0 bridgehead atoms. The van der Waals surface area contributed by atoms with Crippen LogP contribution in [0.3, 0.4) is 0 Å². The van der Waals surface area contributed by atoms with Crippen molar-refractivity contribution in [2.75, 3.05) is 0 Å². The molecule has 3 amide bonds. The van der Waals surface area contributed by atoms with Crippen LogP contribution in [0.25, 0.3) is 0 Å². The quantitative estimate of drug-likeness (QED) is 0.343. The van der Waals surface area contributed by atoms with E-state index in [1.165, 1.54) is 12.5 Å². The standard InChI is InChI=1S/C24H26N2O4S/c1-18(27)25(22(28)16-10-4-7-13-19-11-5-2-6-12-19)26-21(23(31-30)24(26)29)17-20-14-8-3-9-15-20/h2-3,5-6,8-9,11-12,14-15,21H,4,7,10,13,16-17H2,1H3. The molecule has 162 valence electrons. The zero-order valence-electron chi connectivity index (χ0n) is 17.5. The molecule has 7 heteroatoms. The van der Waals surface area contributed by atoms with Gasteiger partial charge in [0.1, 0.15) is 22.2 Å². The fourth-order valence-electron chi connectivity index (χ4n) is 3.76. The molecule has 2 aromatic carbocycles. The highest BCUT2D eigenvalue weighted by Gasteiger charge is 2.49. The van der Waals surface area contributed by atoms with Crippen molar-refractivity contribution in [1.29, 1.82) is 0 Å². The number of β-lactam (4-membered cyclic amide) rings is 1. The van der Waals surface area contributed by atoms with Crippen molar-refractivity contribution >= 4 is 33.8 Å². The summed E-state index contributed by atoms with van der Waals surface area (Å²) < 4.78 is 11.4. The summed E-state index contributed by atoms with van der Waals surface area (Å²) in [6.07, 6.45) is 3.92. The molecule has 0 radical (unpaired) electrons. The minimum Gasteiger partial charge on any atom is -0.273 e. The first-order valence-corrected chi connectivity index (χ1v) is 11.2. The van der Waals surface area contributed by atoms with E-state index < -0.39 is 23.8 Å². The zero-order valence-corrected chi connectivity index (χ0v) is 18.3. The highest BCUT2D eigenvalue weighted by molar-refractivity contribution is 7.69. The van der Waals surface area contributed by atoms with Crippen molar-refractivity contribution in [3.8, 4) is 0 Å². The number of carbonyl (C=O) groups excluding carboxylic acids is 3. The lowest BCUT2D eigenvalue weighted by molar-refractivity contribution is -0.176. The van der Waals surface area contributed by atoms with Crippen LogP contribution in [0.2, 0.25) is 0 Å². The molecule has 1 heterocycles. The number of aryl methyl sites for hydroxylation is 1. The Kier molecular flexibility index (Phi) is 7.89. The van der Waals surface area contributed by atoms with Gasteiger partial charge in [-0.05, 0) is 30.4 Å². The Morgan fingerprint density at radius 3 is 2.13 bits per heavy atom. The Hall–Kier alpha value is -3.06. The van der Waals surface area contributed by atoms with Crippen LogP contribution in [0.4, 0.5) is 0 Å². The number of benzene rings is 2. The number of nitrogens with zero attached hydrogens (tertiary/aromatic N) is 2. The molecule has 2 aromatic rings. The minimum absolute atomic E-state index is 0.130. The Morgan fingerprint density at radius 2 is 1.55 bits per heavy atom. The monoisotopic (exact) mass is 438 g/mol. The number of rotatable bonds is 9. The van der Waals surface area contributed by atoms with E-state index >= 15 is 0 Å². The Morgan fingerprint density at radius 1 is 0.935 bits per heavy atom. The molecule has 0 spiro atoms. The van der Waals surface area contributed by atoms with Gasteiger partial charge in [-0.1, -0.05) is 67.1 Å². The van der Waals surface area contributed by atoms with Gasteiger partial charge in [0.05, 0.1) is 0 Å². The lowest BCUT2D eigenvalue weighted by Gasteiger charge is -2.45. The summed E-state index contributed by atoms with van der Waals surface area (Å²) in [7, 11) is 0. The van der Waals surface area contributed by atoms with E-state index in [1.54, 1.807) is 0 Å². The molecule has 0 aromatic heterocycles. The van der Waals surface area contributed by atoms with E-state index in [4.69, 9.17) is 0 Å². The number of imide groups is 1. The number of unbranched alkanes of at least 4 members (excludes halogenated alkanes) is 2. The van der Waals surface area contributed by atoms with E-state index in [-0.39, 0.29) is 22.5 Å². The number of amides is 3. The normalized spacial score (nSPS) is 15.4. The first kappa shape index (κ1) is 22.6. The second-order valence-electron chi connectivity index (χ2n) is 7.57. The molecule has 1 saturated heterocycles. The van der Waals surface area contributed by atoms with Crippen molar-refractivity contribution in [3.63, 3.8) is 0 Å². The van der Waals surface area contributed by atoms with Crippen LogP contribution in [0.15, 0.2) is 60.7 Å². The predicted octanol–water partition coefficient (Wildman–Crippen LogP) is 2.92. The molecule has 31 heavy (non-hydrogen) atoms. The number of hydrogen-bond donors (Lipinski definition) is 0. The van der Waals surface area contributed by atoms with E-state index in [2.05, 4.69) is 12.1 Å². The fourth-order valence-corrected chi connectivity index (χ4v) is 4.22. The average molecular weight is 439 g/mol. The van der Waals surface area contributed by atoms with Gasteiger partial charge in [-0.3, -0.25) is 14.4 Å². The topological polar surface area (TPSA) is 74.8 Å². The van der Waals surface area contributed by atoms with Crippen LogP contribution in [-0.2, 0) is 38.5 Å². The van der Waals surface area contributed by atoms with Gasteiger partial charge in [0, 0.05) is 19.8 Å². The molecule has 0 aliphatic carbocycles. The predicted molar refractivity (Wildman–Crippen MR) is 120 cm³/mol. The largest absolute Gasteiger partial charge is 0.284 e. The lowest BCUT2D eigenvalue weighted by Crippen LogP contribution is -2.70. The van der Waals surface area contributed by atoms with Gasteiger partial charge in [-0.25, -0.2) is 9.22 Å². The van der Waals surface area contributed by atoms with Crippen molar-refractivity contribution in [3.05, 3.63) is 71.8 Å². The van der Waals surface area contributed by atoms with Gasteiger partial charge in [-0.2, -0.15) is 5.01 Å². The summed E-state index contributed by atoms with van der Waals surface area (Å²) in [6, 6.07) is 18.9. The highest BCUT2D eigenvalue weighted by atomic mass is 32.1. The van der Waals surface area contributed by atoms with E-state index in [0.29, 0.717) is 12.8 Å². The first-order chi connectivity index (χ1) is 15.0. The Labute approximate surface area is 185 Å². The molecule has 1 atom stereocenters. The molecular formula is C24H26N2O4S. The second kappa shape index (κ2) is 10.8. The van der Waals surface area contributed by atoms with Gasteiger partial charge in [0.25, 0.3) is 5.91 Å². The van der Waals surface area contributed by atoms with E-state index in [9.17, 15) is 18.6 Å². The third-order valence-corrected chi connectivity index (χ3v) is 5.95. The van der Waals surface area contributed by atoms with Crippen molar-refractivity contribution in [2.24, 2.45) is 0 Å². The summed E-state index contributed by atoms with van der Waals surface area (Å²) >= 11 is 0.140. The maximum Gasteiger partial charge on any atom is 0.284 e. The van der Waals surface area contributed by atoms with Gasteiger partial charge in [-0.15, -0.1) is 0 Å².